The van der Waals surface area contributed by atoms with Gasteiger partial charge in [-0.1, -0.05) is 59.8 Å². The van der Waals surface area contributed by atoms with Crippen molar-refractivity contribution >= 4 is 11.8 Å². The van der Waals surface area contributed by atoms with E-state index in [0.29, 0.717) is 0 Å². The van der Waals surface area contributed by atoms with Crippen LogP contribution in [0.1, 0.15) is 22.3 Å². The first kappa shape index (κ1) is 14.8. The van der Waals surface area contributed by atoms with Crippen LogP contribution in [-0.2, 0) is 5.75 Å². The van der Waals surface area contributed by atoms with Crippen molar-refractivity contribution in [2.75, 3.05) is 0 Å². The highest BCUT2D eigenvalue weighted by atomic mass is 32.2. The lowest BCUT2D eigenvalue weighted by atomic mass is 10.1. The predicted octanol–water partition coefficient (Wildman–Crippen LogP) is 3.88. The topological polar surface area (TPSA) is 43.6 Å². The van der Waals surface area contributed by atoms with Crippen LogP contribution in [0.3, 0.4) is 0 Å². The maximum Gasteiger partial charge on any atom is 0.214 e. The average Bonchev–Trinajstić information content (AvgIpc) is 2.93. The molecule has 0 aliphatic heterocycles. The summed E-state index contributed by atoms with van der Waals surface area (Å²) in [7, 11) is 0. The van der Waals surface area contributed by atoms with Crippen LogP contribution in [0, 0.1) is 20.8 Å². The molecule has 3 rings (SSSR count). The number of tetrazole rings is 1. The van der Waals surface area contributed by atoms with Gasteiger partial charge in [0.1, 0.15) is 0 Å². The minimum atomic E-state index is 0.818. The standard InChI is InChI=1S/C17H18N4S/c1-12-9-13(2)16(14(3)10-12)21-17(18-19-20-21)22-11-15-7-5-4-6-8-15/h4-10H,11H2,1-3H3. The van der Waals surface area contributed by atoms with E-state index < -0.39 is 0 Å². The molecule has 0 saturated carbocycles. The second-order valence-electron chi connectivity index (χ2n) is 5.39. The Morgan fingerprint density at radius 2 is 1.68 bits per heavy atom. The first-order chi connectivity index (χ1) is 10.6. The van der Waals surface area contributed by atoms with E-state index >= 15 is 0 Å². The largest absolute Gasteiger partial charge is 0.214 e. The number of rotatable bonds is 4. The van der Waals surface area contributed by atoms with E-state index in [2.05, 4.69) is 60.6 Å². The Balaban J connectivity index is 1.90. The van der Waals surface area contributed by atoms with E-state index in [9.17, 15) is 0 Å². The molecule has 0 saturated heterocycles. The van der Waals surface area contributed by atoms with Crippen molar-refractivity contribution in [3.63, 3.8) is 0 Å². The van der Waals surface area contributed by atoms with E-state index in [4.69, 9.17) is 0 Å². The molecule has 0 fully saturated rings. The van der Waals surface area contributed by atoms with Gasteiger partial charge in [0.15, 0.2) is 0 Å². The third kappa shape index (κ3) is 3.04. The Morgan fingerprint density at radius 1 is 1.00 bits per heavy atom. The van der Waals surface area contributed by atoms with Gasteiger partial charge >= 0.3 is 0 Å². The molecule has 4 nitrogen and oxygen atoms in total. The van der Waals surface area contributed by atoms with E-state index in [1.54, 1.807) is 11.8 Å². The van der Waals surface area contributed by atoms with Crippen molar-refractivity contribution in [2.45, 2.75) is 31.7 Å². The molecule has 112 valence electrons. The number of hydrogen-bond acceptors (Lipinski definition) is 4. The quantitative estimate of drug-likeness (QED) is 0.686. The summed E-state index contributed by atoms with van der Waals surface area (Å²) in [5, 5.41) is 13.0. The summed E-state index contributed by atoms with van der Waals surface area (Å²) in [6.45, 7) is 6.31. The number of hydrogen-bond donors (Lipinski definition) is 0. The van der Waals surface area contributed by atoms with E-state index in [0.717, 1.165) is 16.6 Å². The Hall–Kier alpha value is -2.14. The van der Waals surface area contributed by atoms with Gasteiger partial charge in [-0.2, -0.15) is 4.68 Å². The normalized spacial score (nSPS) is 10.9. The highest BCUT2D eigenvalue weighted by Crippen LogP contribution is 2.26. The maximum atomic E-state index is 4.18. The molecule has 1 aromatic heterocycles. The second kappa shape index (κ2) is 6.32. The Labute approximate surface area is 134 Å². The van der Waals surface area contributed by atoms with Gasteiger partial charge in [-0.3, -0.25) is 0 Å². The second-order valence-corrected chi connectivity index (χ2v) is 6.34. The first-order valence-electron chi connectivity index (χ1n) is 7.18. The number of aromatic nitrogens is 4. The zero-order valence-corrected chi connectivity index (χ0v) is 13.8. The molecule has 0 radical (unpaired) electrons. The highest BCUT2D eigenvalue weighted by Gasteiger charge is 2.14. The molecule has 0 aliphatic rings. The average molecular weight is 310 g/mol. The molecule has 0 atom stereocenters. The van der Waals surface area contributed by atoms with Crippen LogP contribution in [-0.4, -0.2) is 20.2 Å². The Morgan fingerprint density at radius 3 is 2.36 bits per heavy atom. The molecule has 5 heteroatoms. The summed E-state index contributed by atoms with van der Waals surface area (Å²) >= 11 is 1.65. The molecule has 0 unspecified atom stereocenters. The highest BCUT2D eigenvalue weighted by molar-refractivity contribution is 7.98. The Bertz CT molecular complexity index is 757. The van der Waals surface area contributed by atoms with Gasteiger partial charge in [0.05, 0.1) is 5.69 Å². The number of nitrogens with zero attached hydrogens (tertiary/aromatic N) is 4. The fourth-order valence-electron chi connectivity index (χ4n) is 2.64. The van der Waals surface area contributed by atoms with Crippen LogP contribution in [0.2, 0.25) is 0 Å². The van der Waals surface area contributed by atoms with E-state index in [1.807, 2.05) is 22.9 Å². The van der Waals surface area contributed by atoms with Gasteiger partial charge in [0.2, 0.25) is 5.16 Å². The summed E-state index contributed by atoms with van der Waals surface area (Å²) in [5.74, 6) is 0.852. The van der Waals surface area contributed by atoms with Crippen molar-refractivity contribution in [1.82, 2.24) is 20.2 Å². The molecular formula is C17H18N4S. The molecule has 0 N–H and O–H groups in total. The molecule has 3 aromatic rings. The minimum Gasteiger partial charge on any atom is -0.187 e. The SMILES string of the molecule is Cc1cc(C)c(-n2nnnc2SCc2ccccc2)c(C)c1. The predicted molar refractivity (Wildman–Crippen MR) is 89.4 cm³/mol. The van der Waals surface area contributed by atoms with Crippen LogP contribution in [0.4, 0.5) is 0 Å². The van der Waals surface area contributed by atoms with Crippen LogP contribution >= 0.6 is 11.8 Å². The van der Waals surface area contributed by atoms with Gasteiger partial charge in [-0.05, 0) is 47.9 Å². The van der Waals surface area contributed by atoms with E-state index in [1.165, 1.54) is 22.3 Å². The fraction of sp³-hybridized carbons (Fsp3) is 0.235. The van der Waals surface area contributed by atoms with Crippen LogP contribution in [0.5, 0.6) is 0 Å². The lowest BCUT2D eigenvalue weighted by Crippen LogP contribution is -2.04. The van der Waals surface area contributed by atoms with E-state index in [-0.39, 0.29) is 0 Å². The zero-order chi connectivity index (χ0) is 15.5. The van der Waals surface area contributed by atoms with Gasteiger partial charge in [-0.25, -0.2) is 0 Å². The third-order valence-corrected chi connectivity index (χ3v) is 4.49. The first-order valence-corrected chi connectivity index (χ1v) is 8.17. The van der Waals surface area contributed by atoms with Crippen molar-refractivity contribution in [3.8, 4) is 5.69 Å². The monoisotopic (exact) mass is 310 g/mol. The minimum absolute atomic E-state index is 0.818. The number of thioether (sulfide) groups is 1. The molecule has 22 heavy (non-hydrogen) atoms. The number of aryl methyl sites for hydroxylation is 3. The Kier molecular flexibility index (Phi) is 4.24. The lowest BCUT2D eigenvalue weighted by Gasteiger charge is -2.12. The van der Waals surface area contributed by atoms with Crippen molar-refractivity contribution in [2.24, 2.45) is 0 Å². The summed E-state index contributed by atoms with van der Waals surface area (Å²) in [4.78, 5) is 0. The number of benzene rings is 2. The molecule has 0 aliphatic carbocycles. The van der Waals surface area contributed by atoms with Crippen molar-refractivity contribution < 1.29 is 0 Å². The molecule has 2 aromatic carbocycles. The van der Waals surface area contributed by atoms with Gasteiger partial charge in [0, 0.05) is 5.75 Å². The van der Waals surface area contributed by atoms with Crippen LogP contribution in [0.15, 0.2) is 47.6 Å². The molecule has 0 amide bonds. The van der Waals surface area contributed by atoms with Gasteiger partial charge in [-0.15, -0.1) is 5.10 Å². The maximum absolute atomic E-state index is 4.18. The summed E-state index contributed by atoms with van der Waals surface area (Å²) in [6.07, 6.45) is 0. The molecule has 0 spiro atoms. The van der Waals surface area contributed by atoms with Crippen molar-refractivity contribution in [1.29, 1.82) is 0 Å². The van der Waals surface area contributed by atoms with Crippen LogP contribution < -0.4 is 0 Å². The molecule has 0 bridgehead atoms. The summed E-state index contributed by atoms with van der Waals surface area (Å²) in [5.41, 5.74) is 5.97. The van der Waals surface area contributed by atoms with Gasteiger partial charge < -0.3 is 0 Å². The van der Waals surface area contributed by atoms with Crippen LogP contribution in [0.25, 0.3) is 5.69 Å². The lowest BCUT2D eigenvalue weighted by molar-refractivity contribution is 0.747. The van der Waals surface area contributed by atoms with Crippen molar-refractivity contribution in [3.05, 3.63) is 64.7 Å². The smallest absolute Gasteiger partial charge is 0.187 e. The van der Waals surface area contributed by atoms with Gasteiger partial charge in [0.25, 0.3) is 0 Å². The fourth-order valence-corrected chi connectivity index (χ4v) is 3.47. The third-order valence-electron chi connectivity index (χ3n) is 3.50. The molecule has 1 heterocycles. The summed E-state index contributed by atoms with van der Waals surface area (Å²) in [6, 6.07) is 14.7. The zero-order valence-electron chi connectivity index (χ0n) is 12.9. The summed E-state index contributed by atoms with van der Waals surface area (Å²) < 4.78 is 1.84. The molecular weight excluding hydrogens is 292 g/mol.